The van der Waals surface area contributed by atoms with Gasteiger partial charge in [0.05, 0.1) is 0 Å². The van der Waals surface area contributed by atoms with Gasteiger partial charge in [-0.05, 0) is 36.6 Å². The van der Waals surface area contributed by atoms with Gasteiger partial charge in [-0.15, -0.1) is 11.3 Å². The number of piperidine rings is 1. The Morgan fingerprint density at radius 2 is 2.06 bits per heavy atom. The first kappa shape index (κ1) is 13.6. The van der Waals surface area contributed by atoms with Crippen LogP contribution in [-0.4, -0.2) is 23.9 Å². The molecule has 2 rings (SSSR count). The van der Waals surface area contributed by atoms with Crippen molar-refractivity contribution < 1.29 is 4.79 Å². The highest BCUT2D eigenvalue weighted by atomic mass is 32.1. The zero-order valence-corrected chi connectivity index (χ0v) is 12.4. The maximum absolute atomic E-state index is 12.2. The van der Waals surface area contributed by atoms with Crippen LogP contribution in [0.5, 0.6) is 0 Å². The average molecular weight is 265 g/mol. The van der Waals surface area contributed by atoms with E-state index in [9.17, 15) is 4.79 Å². The number of carbonyl (C=O) groups is 1. The zero-order valence-electron chi connectivity index (χ0n) is 11.6. The van der Waals surface area contributed by atoms with E-state index in [0.29, 0.717) is 5.91 Å². The van der Waals surface area contributed by atoms with E-state index in [1.807, 2.05) is 37.0 Å². The number of nitrogens with zero attached hydrogens (tertiary/aromatic N) is 1. The molecule has 1 aromatic heterocycles. The molecule has 2 heterocycles. The zero-order chi connectivity index (χ0) is 13.2. The molecule has 0 unspecified atom stereocenters. The highest BCUT2D eigenvalue weighted by Gasteiger charge is 2.30. The Morgan fingerprint density at radius 3 is 2.56 bits per heavy atom. The Hall–Kier alpha value is -0.830. The molecule has 0 spiro atoms. The first-order valence-corrected chi connectivity index (χ1v) is 7.66. The molecule has 1 fully saturated rings. The number of rotatable bonds is 2. The molecule has 1 aliphatic rings. The minimum absolute atomic E-state index is 0.236. The van der Waals surface area contributed by atoms with Crippen LogP contribution in [0.3, 0.4) is 0 Å². The summed E-state index contributed by atoms with van der Waals surface area (Å²) >= 11 is 1.85. The number of amides is 1. The SMILES string of the molecule is CC(C)(C)C(=O)N1CCC(Cc2cccs2)CC1. The number of carbonyl (C=O) groups excluding carboxylic acids is 1. The predicted octanol–water partition coefficient (Wildman–Crippen LogP) is 3.58. The summed E-state index contributed by atoms with van der Waals surface area (Å²) in [6.45, 7) is 7.89. The van der Waals surface area contributed by atoms with Crippen molar-refractivity contribution in [1.82, 2.24) is 4.90 Å². The molecule has 0 aromatic carbocycles. The van der Waals surface area contributed by atoms with Crippen LogP contribution in [0.4, 0.5) is 0 Å². The smallest absolute Gasteiger partial charge is 0.227 e. The minimum atomic E-state index is -0.236. The molecule has 1 amide bonds. The quantitative estimate of drug-likeness (QED) is 0.800. The Morgan fingerprint density at radius 1 is 1.39 bits per heavy atom. The third-order valence-corrected chi connectivity index (χ3v) is 4.51. The normalized spacial score (nSPS) is 18.1. The van der Waals surface area contributed by atoms with E-state index in [2.05, 4.69) is 17.5 Å². The summed E-state index contributed by atoms with van der Waals surface area (Å²) in [5, 5.41) is 2.15. The van der Waals surface area contributed by atoms with Gasteiger partial charge in [-0.1, -0.05) is 26.8 Å². The van der Waals surface area contributed by atoms with E-state index in [1.165, 1.54) is 11.3 Å². The molecule has 0 aliphatic carbocycles. The summed E-state index contributed by atoms with van der Waals surface area (Å²) in [5.74, 6) is 1.06. The van der Waals surface area contributed by atoms with Crippen LogP contribution < -0.4 is 0 Å². The van der Waals surface area contributed by atoms with Crippen molar-refractivity contribution in [3.63, 3.8) is 0 Å². The lowest BCUT2D eigenvalue weighted by Gasteiger charge is -2.35. The number of hydrogen-bond donors (Lipinski definition) is 0. The maximum atomic E-state index is 12.2. The molecule has 0 bridgehead atoms. The van der Waals surface area contributed by atoms with Gasteiger partial charge < -0.3 is 4.90 Å². The predicted molar refractivity (Wildman–Crippen MR) is 76.8 cm³/mol. The second-order valence-corrected chi connectivity index (χ2v) is 7.30. The molecule has 2 nitrogen and oxygen atoms in total. The van der Waals surface area contributed by atoms with Gasteiger partial charge >= 0.3 is 0 Å². The second-order valence-electron chi connectivity index (χ2n) is 6.27. The van der Waals surface area contributed by atoms with Crippen molar-refractivity contribution in [2.75, 3.05) is 13.1 Å². The number of thiophene rings is 1. The van der Waals surface area contributed by atoms with Crippen LogP contribution in [0.1, 0.15) is 38.5 Å². The lowest BCUT2D eigenvalue weighted by Crippen LogP contribution is -2.44. The van der Waals surface area contributed by atoms with Crippen LogP contribution in [-0.2, 0) is 11.2 Å². The molecule has 1 aromatic rings. The van der Waals surface area contributed by atoms with E-state index >= 15 is 0 Å². The molecule has 3 heteroatoms. The monoisotopic (exact) mass is 265 g/mol. The lowest BCUT2D eigenvalue weighted by atomic mass is 9.89. The van der Waals surface area contributed by atoms with E-state index in [0.717, 1.165) is 31.8 Å². The van der Waals surface area contributed by atoms with E-state index in [1.54, 1.807) is 0 Å². The van der Waals surface area contributed by atoms with Gasteiger partial charge in [0.15, 0.2) is 0 Å². The summed E-state index contributed by atoms with van der Waals surface area (Å²) in [6, 6.07) is 4.34. The Labute approximate surface area is 114 Å². The molecule has 1 saturated heterocycles. The van der Waals surface area contributed by atoms with Crippen molar-refractivity contribution in [3.05, 3.63) is 22.4 Å². The number of likely N-dealkylation sites (tertiary alicyclic amines) is 1. The van der Waals surface area contributed by atoms with Crippen LogP contribution in [0, 0.1) is 11.3 Å². The summed E-state index contributed by atoms with van der Waals surface area (Å²) in [7, 11) is 0. The molecule has 0 saturated carbocycles. The van der Waals surface area contributed by atoms with Crippen LogP contribution in [0.15, 0.2) is 17.5 Å². The molecule has 18 heavy (non-hydrogen) atoms. The van der Waals surface area contributed by atoms with Crippen molar-refractivity contribution in [2.24, 2.45) is 11.3 Å². The van der Waals surface area contributed by atoms with Gasteiger partial charge in [-0.25, -0.2) is 0 Å². The van der Waals surface area contributed by atoms with Gasteiger partial charge in [-0.3, -0.25) is 4.79 Å². The van der Waals surface area contributed by atoms with Gasteiger partial charge in [-0.2, -0.15) is 0 Å². The molecular formula is C15H23NOS. The molecule has 100 valence electrons. The van der Waals surface area contributed by atoms with Gasteiger partial charge in [0.25, 0.3) is 0 Å². The molecule has 1 aliphatic heterocycles. The first-order chi connectivity index (χ1) is 8.47. The van der Waals surface area contributed by atoms with E-state index in [4.69, 9.17) is 0 Å². The van der Waals surface area contributed by atoms with Crippen LogP contribution in [0.2, 0.25) is 0 Å². The fourth-order valence-corrected chi connectivity index (χ4v) is 3.35. The molecule has 0 atom stereocenters. The summed E-state index contributed by atoms with van der Waals surface area (Å²) in [5.41, 5.74) is -0.236. The van der Waals surface area contributed by atoms with Gasteiger partial charge in [0.1, 0.15) is 0 Å². The molecular weight excluding hydrogens is 242 g/mol. The fraction of sp³-hybridized carbons (Fsp3) is 0.667. The first-order valence-electron chi connectivity index (χ1n) is 6.78. The van der Waals surface area contributed by atoms with Crippen molar-refractivity contribution in [2.45, 2.75) is 40.0 Å². The Kier molecular flexibility index (Phi) is 4.10. The summed E-state index contributed by atoms with van der Waals surface area (Å²) < 4.78 is 0. The fourth-order valence-electron chi connectivity index (χ4n) is 2.53. The largest absolute Gasteiger partial charge is 0.342 e. The molecule has 0 radical (unpaired) electrons. The third kappa shape index (κ3) is 3.35. The standard InChI is InChI=1S/C15H23NOS/c1-15(2,3)14(17)16-8-6-12(7-9-16)11-13-5-4-10-18-13/h4-5,10,12H,6-9,11H2,1-3H3. The van der Waals surface area contributed by atoms with E-state index in [-0.39, 0.29) is 5.41 Å². The Bertz CT molecular complexity index is 383. The van der Waals surface area contributed by atoms with Crippen LogP contribution >= 0.6 is 11.3 Å². The van der Waals surface area contributed by atoms with Crippen molar-refractivity contribution >= 4 is 17.2 Å². The van der Waals surface area contributed by atoms with Crippen molar-refractivity contribution in [3.8, 4) is 0 Å². The highest BCUT2D eigenvalue weighted by Crippen LogP contribution is 2.26. The Balaban J connectivity index is 1.83. The minimum Gasteiger partial charge on any atom is -0.342 e. The molecule has 0 N–H and O–H groups in total. The highest BCUT2D eigenvalue weighted by molar-refractivity contribution is 7.09. The third-order valence-electron chi connectivity index (χ3n) is 3.61. The lowest BCUT2D eigenvalue weighted by molar-refractivity contribution is -0.140. The maximum Gasteiger partial charge on any atom is 0.227 e. The summed E-state index contributed by atoms with van der Waals surface area (Å²) in [4.78, 5) is 15.7. The van der Waals surface area contributed by atoms with Gasteiger partial charge in [0.2, 0.25) is 5.91 Å². The van der Waals surface area contributed by atoms with Crippen molar-refractivity contribution in [1.29, 1.82) is 0 Å². The number of hydrogen-bond acceptors (Lipinski definition) is 2. The summed E-state index contributed by atoms with van der Waals surface area (Å²) in [6.07, 6.45) is 3.49. The van der Waals surface area contributed by atoms with Gasteiger partial charge in [0, 0.05) is 23.4 Å². The second kappa shape index (κ2) is 5.43. The van der Waals surface area contributed by atoms with E-state index < -0.39 is 0 Å². The average Bonchev–Trinajstić information content (AvgIpc) is 2.81. The topological polar surface area (TPSA) is 20.3 Å². The van der Waals surface area contributed by atoms with Crippen LogP contribution in [0.25, 0.3) is 0 Å².